The summed E-state index contributed by atoms with van der Waals surface area (Å²) in [5.41, 5.74) is 0.925. The summed E-state index contributed by atoms with van der Waals surface area (Å²) in [7, 11) is 1.87. The third-order valence-corrected chi connectivity index (χ3v) is 1.60. The predicted molar refractivity (Wildman–Crippen MR) is 48.5 cm³/mol. The van der Waals surface area contributed by atoms with Crippen LogP contribution < -0.4 is 4.90 Å². The van der Waals surface area contributed by atoms with E-state index in [1.807, 2.05) is 11.9 Å². The van der Waals surface area contributed by atoms with Crippen molar-refractivity contribution < 1.29 is 4.39 Å². The van der Waals surface area contributed by atoms with Crippen LogP contribution in [0.3, 0.4) is 0 Å². The minimum absolute atomic E-state index is 0.229. The third kappa shape index (κ3) is 2.00. The van der Waals surface area contributed by atoms with E-state index in [0.717, 1.165) is 5.69 Å². The molecular weight excluding hydrogens is 153 g/mol. The lowest BCUT2D eigenvalue weighted by atomic mass is 10.3. The molecule has 1 rings (SSSR count). The van der Waals surface area contributed by atoms with Crippen molar-refractivity contribution in [2.24, 2.45) is 0 Å². The Kier molecular flexibility index (Phi) is 2.71. The number of anilines is 1. The van der Waals surface area contributed by atoms with Gasteiger partial charge in [-0.15, -0.1) is 6.42 Å². The zero-order chi connectivity index (χ0) is 8.97. The van der Waals surface area contributed by atoms with Gasteiger partial charge in [0.05, 0.1) is 6.54 Å². The standard InChI is InChI=1S/C10H10FN/c1-3-8-12(2)10-6-4-9(11)5-7-10/h1,4-7H,8H2,2H3. The quantitative estimate of drug-likeness (QED) is 0.602. The van der Waals surface area contributed by atoms with Gasteiger partial charge in [-0.25, -0.2) is 4.39 Å². The van der Waals surface area contributed by atoms with Crippen molar-refractivity contribution in [2.45, 2.75) is 0 Å². The fraction of sp³-hybridized carbons (Fsp3) is 0.200. The molecule has 1 aromatic rings. The summed E-state index contributed by atoms with van der Waals surface area (Å²) < 4.78 is 12.5. The lowest BCUT2D eigenvalue weighted by molar-refractivity contribution is 0.628. The van der Waals surface area contributed by atoms with Crippen LogP contribution in [0.25, 0.3) is 0 Å². The summed E-state index contributed by atoms with van der Waals surface area (Å²) in [5.74, 6) is 2.28. The number of terminal acetylenes is 1. The number of nitrogens with zero attached hydrogens (tertiary/aromatic N) is 1. The van der Waals surface area contributed by atoms with E-state index in [-0.39, 0.29) is 5.82 Å². The molecule has 0 saturated heterocycles. The molecule has 0 amide bonds. The molecule has 1 nitrogen and oxygen atoms in total. The number of benzene rings is 1. The van der Waals surface area contributed by atoms with Crippen molar-refractivity contribution in [1.29, 1.82) is 0 Å². The largest absolute Gasteiger partial charge is 0.363 e. The van der Waals surface area contributed by atoms with Crippen LogP contribution in [0.2, 0.25) is 0 Å². The van der Waals surface area contributed by atoms with Gasteiger partial charge in [0.25, 0.3) is 0 Å². The molecule has 0 unspecified atom stereocenters. The van der Waals surface area contributed by atoms with Crippen LogP contribution in [-0.2, 0) is 0 Å². The van der Waals surface area contributed by atoms with Gasteiger partial charge < -0.3 is 4.90 Å². The molecule has 1 aromatic carbocycles. The molecule has 12 heavy (non-hydrogen) atoms. The van der Waals surface area contributed by atoms with E-state index in [4.69, 9.17) is 6.42 Å². The van der Waals surface area contributed by atoms with Gasteiger partial charge in [-0.2, -0.15) is 0 Å². The molecule has 62 valence electrons. The highest BCUT2D eigenvalue weighted by atomic mass is 19.1. The van der Waals surface area contributed by atoms with Gasteiger partial charge in [0, 0.05) is 12.7 Å². The molecule has 0 aromatic heterocycles. The Hall–Kier alpha value is -1.49. The van der Waals surface area contributed by atoms with Crippen LogP contribution >= 0.6 is 0 Å². The van der Waals surface area contributed by atoms with Crippen LogP contribution in [0.15, 0.2) is 24.3 Å². The van der Waals surface area contributed by atoms with Crippen molar-refractivity contribution in [1.82, 2.24) is 0 Å². The summed E-state index contributed by atoms with van der Waals surface area (Å²) >= 11 is 0. The first-order valence-corrected chi connectivity index (χ1v) is 3.64. The van der Waals surface area contributed by atoms with Crippen LogP contribution in [0.4, 0.5) is 10.1 Å². The van der Waals surface area contributed by atoms with Gasteiger partial charge >= 0.3 is 0 Å². The van der Waals surface area contributed by atoms with E-state index in [1.165, 1.54) is 12.1 Å². The molecule has 0 bridgehead atoms. The predicted octanol–water partition coefficient (Wildman–Crippen LogP) is 1.90. The third-order valence-electron chi connectivity index (χ3n) is 1.60. The average Bonchev–Trinajstić information content (AvgIpc) is 2.06. The van der Waals surface area contributed by atoms with E-state index in [0.29, 0.717) is 6.54 Å². The Labute approximate surface area is 71.8 Å². The minimum Gasteiger partial charge on any atom is -0.363 e. The summed E-state index contributed by atoms with van der Waals surface area (Å²) in [6.45, 7) is 0.533. The SMILES string of the molecule is C#CCN(C)c1ccc(F)cc1. The summed E-state index contributed by atoms with van der Waals surface area (Å²) in [5, 5.41) is 0. The maximum Gasteiger partial charge on any atom is 0.123 e. The van der Waals surface area contributed by atoms with Crippen molar-refractivity contribution in [3.63, 3.8) is 0 Å². The highest BCUT2D eigenvalue weighted by Gasteiger charge is 1.97. The molecular formula is C10H10FN. The number of halogens is 1. The first-order chi connectivity index (χ1) is 5.74. The molecule has 0 heterocycles. The van der Waals surface area contributed by atoms with E-state index < -0.39 is 0 Å². The lowest BCUT2D eigenvalue weighted by Gasteiger charge is -2.15. The molecule has 0 N–H and O–H groups in total. The van der Waals surface area contributed by atoms with Gasteiger partial charge in [-0.3, -0.25) is 0 Å². The second-order valence-electron chi connectivity index (χ2n) is 2.54. The summed E-state index contributed by atoms with van der Waals surface area (Å²) in [6, 6.07) is 6.24. The molecule has 0 radical (unpaired) electrons. The van der Waals surface area contributed by atoms with Gasteiger partial charge in [0.1, 0.15) is 5.82 Å². The fourth-order valence-corrected chi connectivity index (χ4v) is 0.924. The molecule has 0 aliphatic rings. The van der Waals surface area contributed by atoms with E-state index in [1.54, 1.807) is 12.1 Å². The van der Waals surface area contributed by atoms with Crippen LogP contribution in [0, 0.1) is 18.2 Å². The normalized spacial score (nSPS) is 9.08. The fourth-order valence-electron chi connectivity index (χ4n) is 0.924. The number of hydrogen-bond donors (Lipinski definition) is 0. The van der Waals surface area contributed by atoms with E-state index in [9.17, 15) is 4.39 Å². The Morgan fingerprint density at radius 3 is 2.50 bits per heavy atom. The molecule has 0 fully saturated rings. The first kappa shape index (κ1) is 8.61. The van der Waals surface area contributed by atoms with E-state index >= 15 is 0 Å². The molecule has 0 spiro atoms. The van der Waals surface area contributed by atoms with Gasteiger partial charge in [0.15, 0.2) is 0 Å². The number of hydrogen-bond acceptors (Lipinski definition) is 1. The van der Waals surface area contributed by atoms with Gasteiger partial charge in [-0.1, -0.05) is 5.92 Å². The molecule has 0 aliphatic carbocycles. The number of rotatable bonds is 2. The zero-order valence-corrected chi connectivity index (χ0v) is 6.92. The molecule has 0 aliphatic heterocycles. The van der Waals surface area contributed by atoms with Crippen LogP contribution in [0.5, 0.6) is 0 Å². The molecule has 0 saturated carbocycles. The summed E-state index contributed by atoms with van der Waals surface area (Å²) in [4.78, 5) is 1.87. The monoisotopic (exact) mass is 163 g/mol. The van der Waals surface area contributed by atoms with Crippen molar-refractivity contribution in [3.8, 4) is 12.3 Å². The highest BCUT2D eigenvalue weighted by molar-refractivity contribution is 5.46. The smallest absolute Gasteiger partial charge is 0.123 e. The first-order valence-electron chi connectivity index (χ1n) is 3.64. The Bertz CT molecular complexity index is 284. The van der Waals surface area contributed by atoms with Crippen LogP contribution in [-0.4, -0.2) is 13.6 Å². The van der Waals surface area contributed by atoms with Crippen molar-refractivity contribution in [2.75, 3.05) is 18.5 Å². The van der Waals surface area contributed by atoms with Gasteiger partial charge in [-0.05, 0) is 24.3 Å². The topological polar surface area (TPSA) is 3.24 Å². The van der Waals surface area contributed by atoms with E-state index in [2.05, 4.69) is 5.92 Å². The van der Waals surface area contributed by atoms with Gasteiger partial charge in [0.2, 0.25) is 0 Å². The lowest BCUT2D eigenvalue weighted by Crippen LogP contribution is -2.16. The maximum atomic E-state index is 12.5. The van der Waals surface area contributed by atoms with Crippen LogP contribution in [0.1, 0.15) is 0 Å². The van der Waals surface area contributed by atoms with Crippen molar-refractivity contribution >= 4 is 5.69 Å². The zero-order valence-electron chi connectivity index (χ0n) is 6.92. The molecule has 2 heteroatoms. The highest BCUT2D eigenvalue weighted by Crippen LogP contribution is 2.11. The van der Waals surface area contributed by atoms with Crippen molar-refractivity contribution in [3.05, 3.63) is 30.1 Å². The molecule has 0 atom stereocenters. The second kappa shape index (κ2) is 3.77. The summed E-state index contributed by atoms with van der Waals surface area (Å²) in [6.07, 6.45) is 5.13. The Morgan fingerprint density at radius 2 is 2.00 bits per heavy atom. The Balaban J connectivity index is 2.76. The maximum absolute atomic E-state index is 12.5. The second-order valence-corrected chi connectivity index (χ2v) is 2.54. The average molecular weight is 163 g/mol. The Morgan fingerprint density at radius 1 is 1.42 bits per heavy atom. The minimum atomic E-state index is -0.229.